The van der Waals surface area contributed by atoms with Gasteiger partial charge in [-0.1, -0.05) is 23.2 Å². The summed E-state index contributed by atoms with van der Waals surface area (Å²) in [5.41, 5.74) is 4.86. The number of aryl methyl sites for hydroxylation is 1. The van der Waals surface area contributed by atoms with E-state index in [9.17, 15) is 19.5 Å². The van der Waals surface area contributed by atoms with E-state index in [4.69, 9.17) is 33.7 Å². The third-order valence-corrected chi connectivity index (χ3v) is 9.42. The first-order chi connectivity index (χ1) is 22.1. The minimum absolute atomic E-state index is 0.0337. The number of nitrogens with two attached hydrogens (primary N) is 1. The summed E-state index contributed by atoms with van der Waals surface area (Å²) >= 11 is 12.5. The summed E-state index contributed by atoms with van der Waals surface area (Å²) in [6.07, 6.45) is 4.14. The van der Waals surface area contributed by atoms with E-state index in [0.717, 1.165) is 45.5 Å². The Kier molecular flexibility index (Phi) is 7.83. The number of aromatic nitrogens is 4. The number of nitrogens with zero attached hydrogens (tertiary/aromatic N) is 6. The van der Waals surface area contributed by atoms with Crippen LogP contribution in [-0.4, -0.2) is 86.4 Å². The summed E-state index contributed by atoms with van der Waals surface area (Å²) in [7, 11) is 0. The van der Waals surface area contributed by atoms with E-state index in [-0.39, 0.29) is 33.7 Å². The monoisotopic (exact) mass is 670 g/mol. The molecule has 2 fully saturated rings. The molecular formula is C30H29Cl2FN8O5. The summed E-state index contributed by atoms with van der Waals surface area (Å²) in [5.74, 6) is -2.18. The number of benzene rings is 1. The molecular weight excluding hydrogens is 642 g/mol. The lowest BCUT2D eigenvalue weighted by Gasteiger charge is -2.42. The van der Waals surface area contributed by atoms with Crippen LogP contribution >= 0.6 is 23.2 Å². The second-order valence-corrected chi connectivity index (χ2v) is 12.3. The Bertz CT molecular complexity index is 1970. The van der Waals surface area contributed by atoms with Crippen molar-refractivity contribution in [3.05, 3.63) is 62.1 Å². The molecule has 0 atom stereocenters. The molecule has 240 valence electrons. The maximum atomic E-state index is 15.5. The highest BCUT2D eigenvalue weighted by Crippen LogP contribution is 2.39. The van der Waals surface area contributed by atoms with Gasteiger partial charge in [0.2, 0.25) is 5.91 Å². The highest BCUT2D eigenvalue weighted by molar-refractivity contribution is 6.34. The number of amides is 2. The maximum Gasteiger partial charge on any atom is 0.263 e. The Hall–Kier alpha value is -4.24. The molecule has 4 aromatic rings. The predicted octanol–water partition coefficient (Wildman–Crippen LogP) is 2.62. The van der Waals surface area contributed by atoms with Crippen LogP contribution in [0.15, 0.2) is 29.3 Å². The second kappa shape index (κ2) is 11.8. The first-order valence-corrected chi connectivity index (χ1v) is 15.5. The topological polar surface area (TPSA) is 161 Å². The molecule has 3 aliphatic heterocycles. The van der Waals surface area contributed by atoms with Crippen LogP contribution in [0.1, 0.15) is 22.6 Å². The van der Waals surface area contributed by atoms with Gasteiger partial charge in [0, 0.05) is 62.5 Å². The molecule has 2 saturated heterocycles. The summed E-state index contributed by atoms with van der Waals surface area (Å²) in [6.45, 7) is 4.90. The van der Waals surface area contributed by atoms with Crippen molar-refractivity contribution in [1.82, 2.24) is 24.0 Å². The lowest BCUT2D eigenvalue weighted by molar-refractivity contribution is -0.116. The van der Waals surface area contributed by atoms with Gasteiger partial charge in [0.05, 0.1) is 47.1 Å². The van der Waals surface area contributed by atoms with Gasteiger partial charge in [-0.05, 0) is 12.5 Å². The summed E-state index contributed by atoms with van der Waals surface area (Å²) in [5, 5.41) is 12.6. The number of phenols is 1. The molecule has 3 aromatic heterocycles. The van der Waals surface area contributed by atoms with Crippen LogP contribution in [0.5, 0.6) is 5.75 Å². The number of piperazine rings is 1. The van der Waals surface area contributed by atoms with E-state index in [0.29, 0.717) is 42.8 Å². The number of nitrogens with one attached hydrogen (secondary N) is 1. The molecule has 6 heterocycles. The van der Waals surface area contributed by atoms with E-state index < -0.39 is 39.5 Å². The Morgan fingerprint density at radius 1 is 1.13 bits per heavy atom. The van der Waals surface area contributed by atoms with Gasteiger partial charge in [0.1, 0.15) is 34.6 Å². The zero-order chi connectivity index (χ0) is 32.3. The zero-order valence-corrected chi connectivity index (χ0v) is 25.9. The first-order valence-electron chi connectivity index (χ1n) is 14.8. The van der Waals surface area contributed by atoms with Crippen LogP contribution in [-0.2, 0) is 29.0 Å². The molecule has 46 heavy (non-hydrogen) atoms. The molecule has 0 bridgehead atoms. The van der Waals surface area contributed by atoms with Gasteiger partial charge in [0.15, 0.2) is 5.82 Å². The van der Waals surface area contributed by atoms with Gasteiger partial charge in [0.25, 0.3) is 11.5 Å². The van der Waals surface area contributed by atoms with Gasteiger partial charge in [-0.15, -0.1) is 0 Å². The van der Waals surface area contributed by atoms with E-state index in [1.54, 1.807) is 6.07 Å². The van der Waals surface area contributed by atoms with Crippen molar-refractivity contribution in [3.8, 4) is 16.9 Å². The molecule has 4 N–H and O–H groups in total. The maximum absolute atomic E-state index is 15.5. The van der Waals surface area contributed by atoms with E-state index in [1.165, 1.54) is 21.5 Å². The molecule has 0 aliphatic carbocycles. The summed E-state index contributed by atoms with van der Waals surface area (Å²) in [6, 6.07) is 3.21. The lowest BCUT2D eigenvalue weighted by Crippen LogP contribution is -2.56. The summed E-state index contributed by atoms with van der Waals surface area (Å²) < 4.78 is 23.8. The molecule has 3 aliphatic rings. The SMILES string of the molecule is NC(=O)c1cc(-c2cn(CC(=O)Nc3cc(N4CCN(C5COC5)CC4)ncc3Cl)c3nc4n(c(=O)c23)CCC4)c(F)c(Cl)c1O. The van der Waals surface area contributed by atoms with Gasteiger partial charge < -0.3 is 30.4 Å². The van der Waals surface area contributed by atoms with Crippen LogP contribution in [0.4, 0.5) is 15.9 Å². The smallest absolute Gasteiger partial charge is 0.263 e. The van der Waals surface area contributed by atoms with Crippen molar-refractivity contribution in [1.29, 1.82) is 0 Å². The molecule has 0 unspecified atom stereocenters. The lowest BCUT2D eigenvalue weighted by atomic mass is 10.0. The van der Waals surface area contributed by atoms with Crippen molar-refractivity contribution in [3.63, 3.8) is 0 Å². The average molecular weight is 672 g/mol. The molecule has 7 rings (SSSR count). The molecule has 1 aromatic carbocycles. The van der Waals surface area contributed by atoms with Crippen LogP contribution in [0, 0.1) is 5.82 Å². The van der Waals surface area contributed by atoms with Crippen LogP contribution in [0.2, 0.25) is 10.0 Å². The number of primary amides is 1. The van der Waals surface area contributed by atoms with Crippen molar-refractivity contribution in [2.45, 2.75) is 32.0 Å². The average Bonchev–Trinajstić information content (AvgIpc) is 3.62. The first kappa shape index (κ1) is 30.4. The number of anilines is 2. The highest BCUT2D eigenvalue weighted by atomic mass is 35.5. The molecule has 0 spiro atoms. The van der Waals surface area contributed by atoms with E-state index >= 15 is 4.39 Å². The standard InChI is InChI=1S/C30H29Cl2FN8O5/c31-19-10-35-22(39-6-4-38(5-7-39)15-13-46-14-15)9-20(19)36-23(42)12-40-11-18(16-8-17(28(34)44)27(43)25(32)26(16)33)24-29(40)37-21-2-1-3-41(21)30(24)45/h8-11,15,43H,1-7,12-14H2,(H2,34,44)(H,35,36,42). The third kappa shape index (κ3) is 5.24. The summed E-state index contributed by atoms with van der Waals surface area (Å²) in [4.78, 5) is 52.8. The Morgan fingerprint density at radius 3 is 2.59 bits per heavy atom. The number of pyridine rings is 1. The minimum atomic E-state index is -1.06. The van der Waals surface area contributed by atoms with Crippen molar-refractivity contribution < 1.29 is 23.8 Å². The highest BCUT2D eigenvalue weighted by Gasteiger charge is 2.30. The number of fused-ring (bicyclic) bond motifs is 2. The minimum Gasteiger partial charge on any atom is -0.505 e. The quantitative estimate of drug-likeness (QED) is 0.268. The molecule has 16 heteroatoms. The number of carbonyl (C=O) groups is 2. The van der Waals surface area contributed by atoms with Gasteiger partial charge in [-0.3, -0.25) is 23.9 Å². The van der Waals surface area contributed by atoms with Crippen molar-refractivity contribution >= 4 is 57.6 Å². The number of carbonyl (C=O) groups excluding carboxylic acids is 2. The van der Waals surface area contributed by atoms with Crippen molar-refractivity contribution in [2.75, 3.05) is 49.6 Å². The number of ether oxygens (including phenoxy) is 1. The van der Waals surface area contributed by atoms with Gasteiger partial charge >= 0.3 is 0 Å². The normalized spacial score (nSPS) is 16.9. The molecule has 0 radical (unpaired) electrons. The number of hydrogen-bond donors (Lipinski definition) is 3. The number of hydrogen-bond acceptors (Lipinski definition) is 9. The fourth-order valence-corrected chi connectivity index (χ4v) is 6.60. The Morgan fingerprint density at radius 2 is 1.89 bits per heavy atom. The second-order valence-electron chi connectivity index (χ2n) is 11.6. The van der Waals surface area contributed by atoms with E-state index in [1.807, 2.05) is 0 Å². The van der Waals surface area contributed by atoms with Gasteiger partial charge in [-0.2, -0.15) is 0 Å². The Balaban J connectivity index is 1.20. The van der Waals surface area contributed by atoms with Crippen LogP contribution in [0.3, 0.4) is 0 Å². The predicted molar refractivity (Wildman–Crippen MR) is 169 cm³/mol. The zero-order valence-electron chi connectivity index (χ0n) is 24.4. The third-order valence-electron chi connectivity index (χ3n) is 8.78. The largest absolute Gasteiger partial charge is 0.505 e. The number of aromatic hydroxyl groups is 1. The fraction of sp³-hybridized carbons (Fsp3) is 0.367. The van der Waals surface area contributed by atoms with E-state index in [2.05, 4.69) is 25.1 Å². The van der Waals surface area contributed by atoms with Gasteiger partial charge in [-0.25, -0.2) is 14.4 Å². The molecule has 0 saturated carbocycles. The van der Waals surface area contributed by atoms with Crippen molar-refractivity contribution in [2.24, 2.45) is 5.73 Å². The number of rotatable bonds is 7. The molecule has 2 amide bonds. The Labute approximate surface area is 271 Å². The number of halogens is 3. The van der Waals surface area contributed by atoms with Crippen LogP contribution in [0.25, 0.3) is 22.2 Å². The fourth-order valence-electron chi connectivity index (χ4n) is 6.24. The van der Waals surface area contributed by atoms with Crippen LogP contribution < -0.4 is 21.5 Å². The molecule has 13 nitrogen and oxygen atoms in total.